The van der Waals surface area contributed by atoms with Crippen molar-refractivity contribution in [2.45, 2.75) is 12.8 Å². The highest BCUT2D eigenvalue weighted by molar-refractivity contribution is 5.92. The number of fused-ring (bicyclic) bond motifs is 1. The van der Waals surface area contributed by atoms with Crippen LogP contribution >= 0.6 is 0 Å². The standard InChI is InChI=1S/C13H19N3O/c1-16(2)9-13(17)15-11-5-6-12-10(8-11)4-3-7-14-12/h5-6,8,14H,3-4,7,9H2,1-2H3,(H,15,17). The number of aryl methyl sites for hydroxylation is 1. The largest absolute Gasteiger partial charge is 0.385 e. The van der Waals surface area contributed by atoms with Gasteiger partial charge in [-0.25, -0.2) is 0 Å². The van der Waals surface area contributed by atoms with Crippen molar-refractivity contribution in [1.29, 1.82) is 0 Å². The molecular weight excluding hydrogens is 214 g/mol. The molecule has 1 aliphatic heterocycles. The Kier molecular flexibility index (Phi) is 3.64. The van der Waals surface area contributed by atoms with Crippen molar-refractivity contribution in [2.24, 2.45) is 0 Å². The maximum Gasteiger partial charge on any atom is 0.238 e. The highest BCUT2D eigenvalue weighted by Crippen LogP contribution is 2.24. The fourth-order valence-corrected chi connectivity index (χ4v) is 2.04. The third-order valence-electron chi connectivity index (χ3n) is 2.79. The molecule has 17 heavy (non-hydrogen) atoms. The SMILES string of the molecule is CN(C)CC(=O)Nc1ccc2c(c1)CCCN2. The molecule has 0 saturated carbocycles. The van der Waals surface area contributed by atoms with Crippen LogP contribution in [-0.4, -0.2) is 38.0 Å². The van der Waals surface area contributed by atoms with Crippen molar-refractivity contribution in [3.8, 4) is 0 Å². The summed E-state index contributed by atoms with van der Waals surface area (Å²) in [5.41, 5.74) is 3.38. The number of hydrogen-bond acceptors (Lipinski definition) is 3. The Hall–Kier alpha value is -1.55. The van der Waals surface area contributed by atoms with Crippen molar-refractivity contribution < 1.29 is 4.79 Å². The predicted octanol–water partition coefficient (Wildman–Crippen LogP) is 1.54. The van der Waals surface area contributed by atoms with Crippen LogP contribution in [0, 0.1) is 0 Å². The minimum Gasteiger partial charge on any atom is -0.385 e. The maximum absolute atomic E-state index is 11.6. The summed E-state index contributed by atoms with van der Waals surface area (Å²) in [6.45, 7) is 1.45. The highest BCUT2D eigenvalue weighted by atomic mass is 16.2. The van der Waals surface area contributed by atoms with Gasteiger partial charge >= 0.3 is 0 Å². The van der Waals surface area contributed by atoms with Gasteiger partial charge in [-0.15, -0.1) is 0 Å². The third-order valence-corrected chi connectivity index (χ3v) is 2.79. The number of carbonyl (C=O) groups is 1. The zero-order chi connectivity index (χ0) is 12.3. The number of nitrogens with zero attached hydrogens (tertiary/aromatic N) is 1. The van der Waals surface area contributed by atoms with Crippen molar-refractivity contribution in [3.05, 3.63) is 23.8 Å². The van der Waals surface area contributed by atoms with E-state index in [1.165, 1.54) is 11.3 Å². The number of likely N-dealkylation sites (N-methyl/N-ethyl adjacent to an activating group) is 1. The number of nitrogens with one attached hydrogen (secondary N) is 2. The highest BCUT2D eigenvalue weighted by Gasteiger charge is 2.10. The number of amides is 1. The minimum atomic E-state index is 0.0266. The van der Waals surface area contributed by atoms with Crippen LogP contribution in [0.15, 0.2) is 18.2 Å². The van der Waals surface area contributed by atoms with Gasteiger partial charge in [0.1, 0.15) is 0 Å². The van der Waals surface area contributed by atoms with Gasteiger partial charge in [-0.05, 0) is 50.7 Å². The van der Waals surface area contributed by atoms with Gasteiger partial charge in [0.05, 0.1) is 6.54 Å². The molecule has 1 aromatic rings. The molecule has 92 valence electrons. The van der Waals surface area contributed by atoms with Crippen LogP contribution in [0.25, 0.3) is 0 Å². The van der Waals surface area contributed by atoms with Crippen LogP contribution in [0.4, 0.5) is 11.4 Å². The van der Waals surface area contributed by atoms with E-state index in [2.05, 4.69) is 16.7 Å². The summed E-state index contributed by atoms with van der Waals surface area (Å²) < 4.78 is 0. The monoisotopic (exact) mass is 233 g/mol. The van der Waals surface area contributed by atoms with E-state index in [-0.39, 0.29) is 5.91 Å². The summed E-state index contributed by atoms with van der Waals surface area (Å²) in [4.78, 5) is 13.5. The average Bonchev–Trinajstić information content (AvgIpc) is 2.27. The first-order valence-corrected chi connectivity index (χ1v) is 5.96. The normalized spacial score (nSPS) is 14.1. The molecule has 0 bridgehead atoms. The second-order valence-electron chi connectivity index (χ2n) is 4.69. The van der Waals surface area contributed by atoms with Gasteiger partial charge in [-0.2, -0.15) is 0 Å². The Morgan fingerprint density at radius 3 is 3.06 bits per heavy atom. The molecule has 1 aliphatic rings. The van der Waals surface area contributed by atoms with Gasteiger partial charge in [0, 0.05) is 17.9 Å². The molecule has 0 aromatic heterocycles. The zero-order valence-corrected chi connectivity index (χ0v) is 10.4. The molecule has 0 aliphatic carbocycles. The van der Waals surface area contributed by atoms with Crippen molar-refractivity contribution in [2.75, 3.05) is 37.8 Å². The molecule has 1 aromatic carbocycles. The zero-order valence-electron chi connectivity index (χ0n) is 10.4. The van der Waals surface area contributed by atoms with Gasteiger partial charge < -0.3 is 15.5 Å². The topological polar surface area (TPSA) is 44.4 Å². The first-order valence-electron chi connectivity index (χ1n) is 5.96. The van der Waals surface area contributed by atoms with E-state index in [1.54, 1.807) is 0 Å². The summed E-state index contributed by atoms with van der Waals surface area (Å²) in [5, 5.41) is 6.27. The fourth-order valence-electron chi connectivity index (χ4n) is 2.04. The molecule has 2 rings (SSSR count). The average molecular weight is 233 g/mol. The van der Waals surface area contributed by atoms with Crippen molar-refractivity contribution >= 4 is 17.3 Å². The molecule has 0 atom stereocenters. The molecular formula is C13H19N3O. The maximum atomic E-state index is 11.6. The first-order chi connectivity index (χ1) is 8.15. The minimum absolute atomic E-state index is 0.0266. The molecule has 4 heteroatoms. The lowest BCUT2D eigenvalue weighted by atomic mass is 10.0. The van der Waals surface area contributed by atoms with Gasteiger partial charge in [0.25, 0.3) is 0 Å². The lowest BCUT2D eigenvalue weighted by Crippen LogP contribution is -2.27. The van der Waals surface area contributed by atoms with E-state index in [0.717, 1.165) is 25.1 Å². The predicted molar refractivity (Wildman–Crippen MR) is 70.4 cm³/mol. The van der Waals surface area contributed by atoms with Crippen LogP contribution in [-0.2, 0) is 11.2 Å². The molecule has 0 spiro atoms. The van der Waals surface area contributed by atoms with E-state index in [0.29, 0.717) is 6.54 Å². The quantitative estimate of drug-likeness (QED) is 0.832. The molecule has 1 amide bonds. The summed E-state index contributed by atoms with van der Waals surface area (Å²) in [6.07, 6.45) is 2.24. The lowest BCUT2D eigenvalue weighted by molar-refractivity contribution is -0.116. The second kappa shape index (κ2) is 5.19. The van der Waals surface area contributed by atoms with E-state index in [1.807, 2.05) is 31.1 Å². The van der Waals surface area contributed by atoms with E-state index < -0.39 is 0 Å². The molecule has 2 N–H and O–H groups in total. The van der Waals surface area contributed by atoms with Crippen LogP contribution in [0.3, 0.4) is 0 Å². The summed E-state index contributed by atoms with van der Waals surface area (Å²) in [7, 11) is 3.77. The number of benzene rings is 1. The smallest absolute Gasteiger partial charge is 0.238 e. The summed E-state index contributed by atoms with van der Waals surface area (Å²) in [5.74, 6) is 0.0266. The van der Waals surface area contributed by atoms with Crippen LogP contribution in [0.1, 0.15) is 12.0 Å². The number of rotatable bonds is 3. The second-order valence-corrected chi connectivity index (χ2v) is 4.69. The molecule has 0 radical (unpaired) electrons. The Labute approximate surface area is 102 Å². The first kappa shape index (κ1) is 11.9. The molecule has 0 unspecified atom stereocenters. The van der Waals surface area contributed by atoms with Crippen LogP contribution < -0.4 is 10.6 Å². The van der Waals surface area contributed by atoms with Crippen molar-refractivity contribution in [1.82, 2.24) is 4.90 Å². The van der Waals surface area contributed by atoms with Gasteiger partial charge in [0.15, 0.2) is 0 Å². The Bertz CT molecular complexity index is 415. The Balaban J connectivity index is 2.04. The van der Waals surface area contributed by atoms with Crippen LogP contribution in [0.2, 0.25) is 0 Å². The number of carbonyl (C=O) groups excluding carboxylic acids is 1. The summed E-state index contributed by atoms with van der Waals surface area (Å²) in [6, 6.07) is 6.06. The lowest BCUT2D eigenvalue weighted by Gasteiger charge is -2.19. The fraction of sp³-hybridized carbons (Fsp3) is 0.462. The molecule has 4 nitrogen and oxygen atoms in total. The Morgan fingerprint density at radius 2 is 2.29 bits per heavy atom. The molecule has 0 saturated heterocycles. The number of anilines is 2. The van der Waals surface area contributed by atoms with Gasteiger partial charge in [0.2, 0.25) is 5.91 Å². The van der Waals surface area contributed by atoms with Gasteiger partial charge in [-0.1, -0.05) is 0 Å². The number of hydrogen-bond donors (Lipinski definition) is 2. The molecule has 1 heterocycles. The van der Waals surface area contributed by atoms with Crippen molar-refractivity contribution in [3.63, 3.8) is 0 Å². The van der Waals surface area contributed by atoms with Gasteiger partial charge in [-0.3, -0.25) is 4.79 Å². The van der Waals surface area contributed by atoms with E-state index >= 15 is 0 Å². The van der Waals surface area contributed by atoms with E-state index in [4.69, 9.17) is 0 Å². The van der Waals surface area contributed by atoms with E-state index in [9.17, 15) is 4.79 Å². The van der Waals surface area contributed by atoms with Crippen LogP contribution in [0.5, 0.6) is 0 Å². The third kappa shape index (κ3) is 3.20. The molecule has 0 fully saturated rings. The Morgan fingerprint density at radius 1 is 1.47 bits per heavy atom. The summed E-state index contributed by atoms with van der Waals surface area (Å²) >= 11 is 0.